The molecule has 4 rings (SSSR count). The molecule has 37 heavy (non-hydrogen) atoms. The van der Waals surface area contributed by atoms with Crippen LogP contribution in [-0.2, 0) is 32.5 Å². The first-order valence-electron chi connectivity index (χ1n) is 11.0. The average Bonchev–Trinajstić information content (AvgIpc) is 2.80. The molecule has 7 nitrogen and oxygen atoms in total. The zero-order chi connectivity index (χ0) is 27.0. The van der Waals surface area contributed by atoms with Crippen LogP contribution < -0.4 is 9.46 Å². The van der Waals surface area contributed by atoms with Crippen molar-refractivity contribution in [2.75, 3.05) is 23.3 Å². The first kappa shape index (κ1) is 26.9. The first-order chi connectivity index (χ1) is 17.2. The van der Waals surface area contributed by atoms with Crippen LogP contribution in [0.5, 0.6) is 5.75 Å². The van der Waals surface area contributed by atoms with Gasteiger partial charge in [0.1, 0.15) is 21.4 Å². The van der Waals surface area contributed by atoms with Gasteiger partial charge in [0.15, 0.2) is 0 Å². The summed E-state index contributed by atoms with van der Waals surface area (Å²) in [7, 11) is -7.59. The van der Waals surface area contributed by atoms with E-state index in [1.807, 2.05) is 0 Å². The number of fused-ring (bicyclic) bond motifs is 1. The zero-order valence-corrected chi connectivity index (χ0v) is 21.1. The van der Waals surface area contributed by atoms with Gasteiger partial charge in [-0.05, 0) is 54.3 Å². The van der Waals surface area contributed by atoms with E-state index in [-0.39, 0.29) is 40.8 Å². The number of pyridine rings is 1. The minimum Gasteiger partial charge on any atom is -0.493 e. The Bertz CT molecular complexity index is 1540. The second kappa shape index (κ2) is 9.93. The lowest BCUT2D eigenvalue weighted by Gasteiger charge is -2.29. The van der Waals surface area contributed by atoms with Gasteiger partial charge in [-0.3, -0.25) is 4.72 Å². The summed E-state index contributed by atoms with van der Waals surface area (Å²) >= 11 is 0. The summed E-state index contributed by atoms with van der Waals surface area (Å²) in [5.74, 6) is -1.62. The number of nitrogens with zero attached hydrogens (tertiary/aromatic N) is 1. The lowest BCUT2D eigenvalue weighted by molar-refractivity contribution is -0.137. The first-order valence-corrected chi connectivity index (χ1v) is 14.6. The highest BCUT2D eigenvalue weighted by molar-refractivity contribution is 7.92. The highest BCUT2D eigenvalue weighted by Gasteiger charge is 2.33. The van der Waals surface area contributed by atoms with Gasteiger partial charge in [0, 0.05) is 23.8 Å². The predicted molar refractivity (Wildman–Crippen MR) is 128 cm³/mol. The van der Waals surface area contributed by atoms with Crippen LogP contribution in [0.4, 0.5) is 23.4 Å². The molecule has 0 spiro atoms. The van der Waals surface area contributed by atoms with E-state index in [1.54, 1.807) is 0 Å². The summed E-state index contributed by atoms with van der Waals surface area (Å²) in [6.45, 7) is 0.159. The third-order valence-corrected chi connectivity index (χ3v) is 8.17. The van der Waals surface area contributed by atoms with Gasteiger partial charge in [-0.1, -0.05) is 18.2 Å². The molecule has 13 heteroatoms. The highest BCUT2D eigenvalue weighted by atomic mass is 32.2. The van der Waals surface area contributed by atoms with E-state index in [0.717, 1.165) is 24.5 Å². The highest BCUT2D eigenvalue weighted by Crippen LogP contribution is 2.42. The number of anilines is 1. The molecule has 1 atom stereocenters. The Morgan fingerprint density at radius 1 is 1.03 bits per heavy atom. The van der Waals surface area contributed by atoms with E-state index in [0.29, 0.717) is 17.5 Å². The smallest absolute Gasteiger partial charge is 0.416 e. The van der Waals surface area contributed by atoms with Gasteiger partial charge < -0.3 is 4.74 Å². The number of rotatable bonds is 7. The third kappa shape index (κ3) is 6.39. The Morgan fingerprint density at radius 3 is 2.43 bits per heavy atom. The Balaban J connectivity index is 1.70. The second-order valence-electron chi connectivity index (χ2n) is 8.63. The van der Waals surface area contributed by atoms with Gasteiger partial charge in [0.25, 0.3) is 10.0 Å². The number of halogens is 4. The molecule has 2 heterocycles. The molecule has 198 valence electrons. The molecule has 0 saturated carbocycles. The lowest BCUT2D eigenvalue weighted by Crippen LogP contribution is -2.20. The van der Waals surface area contributed by atoms with Crippen LogP contribution in [0.1, 0.15) is 34.6 Å². The van der Waals surface area contributed by atoms with Crippen molar-refractivity contribution in [2.45, 2.75) is 29.8 Å². The van der Waals surface area contributed by atoms with E-state index in [9.17, 15) is 34.4 Å². The predicted octanol–water partition coefficient (Wildman–Crippen LogP) is 4.54. The van der Waals surface area contributed by atoms with Crippen molar-refractivity contribution in [1.29, 1.82) is 0 Å². The molecular weight excluding hydrogens is 536 g/mol. The fourth-order valence-electron chi connectivity index (χ4n) is 4.16. The maximum atomic E-state index is 13.4. The average molecular weight is 559 g/mol. The number of aromatic nitrogens is 1. The summed E-state index contributed by atoms with van der Waals surface area (Å²) in [5.41, 5.74) is 0.424. The molecule has 1 aromatic heterocycles. The monoisotopic (exact) mass is 558 g/mol. The normalized spacial score (nSPS) is 16.1. The van der Waals surface area contributed by atoms with E-state index in [2.05, 4.69) is 9.71 Å². The van der Waals surface area contributed by atoms with Gasteiger partial charge in [-0.2, -0.15) is 17.6 Å². The molecule has 0 saturated heterocycles. The van der Waals surface area contributed by atoms with Crippen molar-refractivity contribution in [3.8, 4) is 5.75 Å². The summed E-state index contributed by atoms with van der Waals surface area (Å²) in [6.07, 6.45) is -3.30. The molecule has 1 aliphatic rings. The van der Waals surface area contributed by atoms with Crippen LogP contribution >= 0.6 is 0 Å². The third-order valence-electron chi connectivity index (χ3n) is 5.88. The van der Waals surface area contributed by atoms with E-state index < -0.39 is 43.5 Å². The number of hydrogen-bond donors (Lipinski definition) is 1. The van der Waals surface area contributed by atoms with E-state index >= 15 is 0 Å². The molecule has 0 aliphatic carbocycles. The van der Waals surface area contributed by atoms with Crippen molar-refractivity contribution in [2.24, 2.45) is 0 Å². The van der Waals surface area contributed by atoms with Gasteiger partial charge in [-0.15, -0.1) is 0 Å². The lowest BCUT2D eigenvalue weighted by atomic mass is 9.83. The second-order valence-corrected chi connectivity index (χ2v) is 12.6. The van der Waals surface area contributed by atoms with Crippen LogP contribution in [0.3, 0.4) is 0 Å². The molecule has 0 bridgehead atoms. The minimum absolute atomic E-state index is 0.109. The van der Waals surface area contributed by atoms with E-state index in [4.69, 9.17) is 4.74 Å². The SMILES string of the molecule is CS(=O)(=O)CCc1cc(C(F)(F)F)ccc1[C@@H]1CCOc2cc(S(=O)(=O)Nc3cccc(F)n3)ccc21. The summed E-state index contributed by atoms with van der Waals surface area (Å²) < 4.78 is 110. The van der Waals surface area contributed by atoms with Gasteiger partial charge >= 0.3 is 6.18 Å². The van der Waals surface area contributed by atoms with Gasteiger partial charge in [-0.25, -0.2) is 21.8 Å². The largest absolute Gasteiger partial charge is 0.493 e. The molecular formula is C24H22F4N2O5S2. The zero-order valence-electron chi connectivity index (χ0n) is 19.4. The Morgan fingerprint density at radius 2 is 1.76 bits per heavy atom. The van der Waals surface area contributed by atoms with Crippen LogP contribution in [0.15, 0.2) is 59.5 Å². The topological polar surface area (TPSA) is 102 Å². The minimum atomic E-state index is -4.60. The maximum absolute atomic E-state index is 13.4. The standard InChI is InChI=1S/C24H22F4N2O5S2/c1-36(31,32)12-10-15-13-16(24(26,27)28)5-7-18(15)19-9-11-35-21-14-17(6-8-20(19)21)37(33,34)30-23-4-2-3-22(25)29-23/h2-8,13-14,19H,9-12H2,1H3,(H,29,30)/t19-/m0/s1. The Kier molecular flexibility index (Phi) is 7.21. The number of alkyl halides is 3. The number of ether oxygens (including phenoxy) is 1. The van der Waals surface area contributed by atoms with Crippen LogP contribution in [0.2, 0.25) is 0 Å². The molecule has 3 aromatic rings. The molecule has 0 radical (unpaired) electrons. The van der Waals surface area contributed by atoms with E-state index in [1.165, 1.54) is 36.4 Å². The van der Waals surface area contributed by atoms with Crippen molar-refractivity contribution >= 4 is 25.7 Å². The molecule has 1 aliphatic heterocycles. The fourth-order valence-corrected chi connectivity index (χ4v) is 5.76. The Labute approximate surface area is 211 Å². The van der Waals surface area contributed by atoms with Crippen molar-refractivity contribution in [1.82, 2.24) is 4.98 Å². The van der Waals surface area contributed by atoms with Crippen LogP contribution in [-0.4, -0.2) is 40.4 Å². The van der Waals surface area contributed by atoms with Crippen molar-refractivity contribution in [3.63, 3.8) is 0 Å². The van der Waals surface area contributed by atoms with Gasteiger partial charge in [0.2, 0.25) is 5.95 Å². The molecule has 2 aromatic carbocycles. The quantitative estimate of drug-likeness (QED) is 0.338. The molecule has 0 unspecified atom stereocenters. The number of hydrogen-bond acceptors (Lipinski definition) is 6. The summed E-state index contributed by atoms with van der Waals surface area (Å²) in [6, 6.07) is 11.0. The number of sulfone groups is 1. The molecule has 1 N–H and O–H groups in total. The maximum Gasteiger partial charge on any atom is 0.416 e. The number of sulfonamides is 1. The summed E-state index contributed by atoms with van der Waals surface area (Å²) in [4.78, 5) is 3.30. The van der Waals surface area contributed by atoms with Crippen LogP contribution in [0, 0.1) is 5.95 Å². The number of nitrogens with one attached hydrogen (secondary N) is 1. The number of benzene rings is 2. The summed E-state index contributed by atoms with van der Waals surface area (Å²) in [5, 5.41) is 0. The van der Waals surface area contributed by atoms with Crippen molar-refractivity contribution in [3.05, 3.63) is 82.8 Å². The number of aryl methyl sites for hydroxylation is 1. The molecule has 0 amide bonds. The molecule has 0 fully saturated rings. The van der Waals surface area contributed by atoms with Crippen molar-refractivity contribution < 1.29 is 39.1 Å². The van der Waals surface area contributed by atoms with Gasteiger partial charge in [0.05, 0.1) is 22.8 Å². The Hall–Kier alpha value is -3.19. The van der Waals surface area contributed by atoms with Crippen LogP contribution in [0.25, 0.3) is 0 Å². The fraction of sp³-hybridized carbons (Fsp3) is 0.292.